The van der Waals surface area contributed by atoms with Crippen LogP contribution in [-0.4, -0.2) is 43.9 Å². The van der Waals surface area contributed by atoms with Crippen molar-refractivity contribution in [2.24, 2.45) is 5.92 Å². The molecule has 0 bridgehead atoms. The number of rotatable bonds is 6. The minimum atomic E-state index is 0.136. The van der Waals surface area contributed by atoms with Crippen molar-refractivity contribution < 1.29 is 14.2 Å². The van der Waals surface area contributed by atoms with Gasteiger partial charge in [-0.05, 0) is 25.3 Å². The Balaban J connectivity index is 2.27. The molecule has 6 heteroatoms. The second-order valence-corrected chi connectivity index (χ2v) is 4.79. The van der Waals surface area contributed by atoms with Crippen molar-refractivity contribution in [1.82, 2.24) is 15.3 Å². The molecular weight excluding hydrogens is 258 g/mol. The van der Waals surface area contributed by atoms with Gasteiger partial charge in [0.1, 0.15) is 5.69 Å². The number of ether oxygens (including phenoxy) is 3. The van der Waals surface area contributed by atoms with Crippen molar-refractivity contribution in [3.8, 4) is 11.8 Å². The van der Waals surface area contributed by atoms with E-state index in [4.69, 9.17) is 14.2 Å². The first-order chi connectivity index (χ1) is 9.80. The highest BCUT2D eigenvalue weighted by molar-refractivity contribution is 5.26. The Morgan fingerprint density at radius 3 is 2.70 bits per heavy atom. The minimum Gasteiger partial charge on any atom is -0.480 e. The molecule has 2 heterocycles. The maximum Gasteiger partial charge on any atom is 0.240 e. The number of aromatic nitrogens is 2. The molecule has 0 amide bonds. The molecule has 1 aliphatic rings. The molecule has 0 saturated carbocycles. The van der Waals surface area contributed by atoms with Gasteiger partial charge in [0.05, 0.1) is 26.5 Å². The first-order valence-electron chi connectivity index (χ1n) is 7.06. The largest absolute Gasteiger partial charge is 0.480 e. The molecule has 1 saturated heterocycles. The van der Waals surface area contributed by atoms with Gasteiger partial charge >= 0.3 is 0 Å². The molecular formula is C14H23N3O3. The number of nitrogens with zero attached hydrogens (tertiary/aromatic N) is 2. The van der Waals surface area contributed by atoms with Crippen LogP contribution in [0.4, 0.5) is 0 Å². The Morgan fingerprint density at radius 2 is 2.10 bits per heavy atom. The summed E-state index contributed by atoms with van der Waals surface area (Å²) in [5.41, 5.74) is 0.849. The van der Waals surface area contributed by atoms with Crippen LogP contribution in [0, 0.1) is 5.92 Å². The summed E-state index contributed by atoms with van der Waals surface area (Å²) in [7, 11) is 3.18. The molecule has 1 atom stereocenters. The molecule has 0 aliphatic carbocycles. The Labute approximate surface area is 119 Å². The van der Waals surface area contributed by atoms with Crippen LogP contribution in [0.3, 0.4) is 0 Å². The van der Waals surface area contributed by atoms with Gasteiger partial charge in [-0.3, -0.25) is 0 Å². The zero-order chi connectivity index (χ0) is 14.4. The second-order valence-electron chi connectivity index (χ2n) is 4.79. The second kappa shape index (κ2) is 7.40. The van der Waals surface area contributed by atoms with Crippen LogP contribution in [0.25, 0.3) is 0 Å². The van der Waals surface area contributed by atoms with Gasteiger partial charge in [0, 0.05) is 13.2 Å². The topological polar surface area (TPSA) is 65.5 Å². The van der Waals surface area contributed by atoms with Gasteiger partial charge in [-0.1, -0.05) is 6.92 Å². The van der Waals surface area contributed by atoms with Gasteiger partial charge in [0.2, 0.25) is 11.8 Å². The van der Waals surface area contributed by atoms with Crippen molar-refractivity contribution in [2.75, 3.05) is 34.0 Å². The Hall–Kier alpha value is -1.40. The third-order valence-corrected chi connectivity index (χ3v) is 3.60. The van der Waals surface area contributed by atoms with Crippen LogP contribution >= 0.6 is 0 Å². The molecule has 0 aromatic carbocycles. The van der Waals surface area contributed by atoms with Crippen LogP contribution < -0.4 is 14.8 Å². The van der Waals surface area contributed by atoms with E-state index in [1.165, 1.54) is 0 Å². The Morgan fingerprint density at radius 1 is 1.35 bits per heavy atom. The van der Waals surface area contributed by atoms with E-state index >= 15 is 0 Å². The van der Waals surface area contributed by atoms with E-state index < -0.39 is 0 Å². The molecule has 0 spiro atoms. The number of nitrogens with one attached hydrogen (secondary N) is 1. The highest BCUT2D eigenvalue weighted by Gasteiger charge is 2.29. The van der Waals surface area contributed by atoms with E-state index in [-0.39, 0.29) is 6.04 Å². The monoisotopic (exact) mass is 281 g/mol. The molecule has 20 heavy (non-hydrogen) atoms. The Kier molecular flexibility index (Phi) is 5.55. The van der Waals surface area contributed by atoms with Gasteiger partial charge in [0.15, 0.2) is 0 Å². The average Bonchev–Trinajstić information content (AvgIpc) is 2.53. The maximum absolute atomic E-state index is 5.44. The maximum atomic E-state index is 5.44. The van der Waals surface area contributed by atoms with Crippen molar-refractivity contribution in [3.05, 3.63) is 11.9 Å². The first kappa shape index (κ1) is 15.0. The van der Waals surface area contributed by atoms with Gasteiger partial charge in [-0.2, -0.15) is 4.98 Å². The van der Waals surface area contributed by atoms with Crippen LogP contribution in [-0.2, 0) is 4.74 Å². The van der Waals surface area contributed by atoms with Gasteiger partial charge in [-0.25, -0.2) is 4.98 Å². The lowest BCUT2D eigenvalue weighted by Crippen LogP contribution is -2.33. The SMILES string of the molecule is CCNC(c1ncc(OC)nc1OC)C1CCOCC1. The Bertz CT molecular complexity index is 422. The zero-order valence-electron chi connectivity index (χ0n) is 12.4. The predicted octanol–water partition coefficient (Wildman–Crippen LogP) is 1.57. The molecule has 2 rings (SSSR count). The first-order valence-corrected chi connectivity index (χ1v) is 7.06. The standard InChI is InChI=1S/C14H23N3O3/c1-4-15-12(10-5-7-20-8-6-10)13-14(19-3)17-11(18-2)9-16-13/h9-10,12,15H,4-8H2,1-3H3. The molecule has 112 valence electrons. The zero-order valence-corrected chi connectivity index (χ0v) is 12.4. The lowest BCUT2D eigenvalue weighted by molar-refractivity contribution is 0.0528. The summed E-state index contributed by atoms with van der Waals surface area (Å²) in [5.74, 6) is 1.48. The molecule has 1 fully saturated rings. The highest BCUT2D eigenvalue weighted by Crippen LogP contribution is 2.33. The summed E-state index contributed by atoms with van der Waals surface area (Å²) in [6.07, 6.45) is 3.69. The molecule has 1 N–H and O–H groups in total. The van der Waals surface area contributed by atoms with Crippen molar-refractivity contribution in [3.63, 3.8) is 0 Å². The van der Waals surface area contributed by atoms with Crippen LogP contribution in [0.5, 0.6) is 11.8 Å². The number of hydrogen-bond acceptors (Lipinski definition) is 6. The fraction of sp³-hybridized carbons (Fsp3) is 0.714. The van der Waals surface area contributed by atoms with Gasteiger partial charge in [-0.15, -0.1) is 0 Å². The van der Waals surface area contributed by atoms with Crippen molar-refractivity contribution in [2.45, 2.75) is 25.8 Å². The van der Waals surface area contributed by atoms with Crippen molar-refractivity contribution >= 4 is 0 Å². The normalized spacial score (nSPS) is 17.8. The van der Waals surface area contributed by atoms with Gasteiger partial charge in [0.25, 0.3) is 0 Å². The molecule has 6 nitrogen and oxygen atoms in total. The molecule has 1 aliphatic heterocycles. The van der Waals surface area contributed by atoms with E-state index in [1.54, 1.807) is 20.4 Å². The molecule has 1 aromatic rings. The summed E-state index contributed by atoms with van der Waals surface area (Å²) in [6, 6.07) is 0.136. The number of hydrogen-bond donors (Lipinski definition) is 1. The van der Waals surface area contributed by atoms with E-state index in [1.807, 2.05) is 0 Å². The smallest absolute Gasteiger partial charge is 0.240 e. The van der Waals surface area contributed by atoms with Crippen LogP contribution in [0.2, 0.25) is 0 Å². The quantitative estimate of drug-likeness (QED) is 0.854. The lowest BCUT2D eigenvalue weighted by atomic mass is 9.89. The summed E-state index contributed by atoms with van der Waals surface area (Å²) in [6.45, 7) is 4.57. The predicted molar refractivity (Wildman–Crippen MR) is 75.1 cm³/mol. The third-order valence-electron chi connectivity index (χ3n) is 3.60. The fourth-order valence-corrected chi connectivity index (χ4v) is 2.58. The van der Waals surface area contributed by atoms with Crippen LogP contribution in [0.1, 0.15) is 31.5 Å². The summed E-state index contributed by atoms with van der Waals surface area (Å²) >= 11 is 0. The fourth-order valence-electron chi connectivity index (χ4n) is 2.58. The summed E-state index contributed by atoms with van der Waals surface area (Å²) in [4.78, 5) is 8.83. The van der Waals surface area contributed by atoms with E-state index in [9.17, 15) is 0 Å². The molecule has 0 radical (unpaired) electrons. The average molecular weight is 281 g/mol. The van der Waals surface area contributed by atoms with Crippen LogP contribution in [0.15, 0.2) is 6.20 Å². The van der Waals surface area contributed by atoms with E-state index in [2.05, 4.69) is 22.2 Å². The molecule has 1 aromatic heterocycles. The van der Waals surface area contributed by atoms with Crippen molar-refractivity contribution in [1.29, 1.82) is 0 Å². The minimum absolute atomic E-state index is 0.136. The lowest BCUT2D eigenvalue weighted by Gasteiger charge is -2.30. The highest BCUT2D eigenvalue weighted by atomic mass is 16.5. The summed E-state index contributed by atoms with van der Waals surface area (Å²) in [5, 5.41) is 3.50. The summed E-state index contributed by atoms with van der Waals surface area (Å²) < 4.78 is 15.9. The number of methoxy groups -OCH3 is 2. The molecule has 1 unspecified atom stereocenters. The third kappa shape index (κ3) is 3.37. The van der Waals surface area contributed by atoms with E-state index in [0.29, 0.717) is 17.7 Å². The van der Waals surface area contributed by atoms with Gasteiger partial charge < -0.3 is 19.5 Å². The van der Waals surface area contributed by atoms with E-state index in [0.717, 1.165) is 38.3 Å².